The van der Waals surface area contributed by atoms with Crippen molar-refractivity contribution in [3.05, 3.63) is 35.9 Å². The molecule has 1 radical (unpaired) electrons. The first-order valence-electron chi connectivity index (χ1n) is 7.10. The maximum absolute atomic E-state index is 12.6. The van der Waals surface area contributed by atoms with Gasteiger partial charge in [-0.1, -0.05) is 30.3 Å². The Kier molecular flexibility index (Phi) is 5.31. The summed E-state index contributed by atoms with van der Waals surface area (Å²) in [5, 5.41) is 0. The Morgan fingerprint density at radius 3 is 2.68 bits per heavy atom. The molecule has 7 heteroatoms. The van der Waals surface area contributed by atoms with Gasteiger partial charge in [-0.05, 0) is 24.8 Å². The van der Waals surface area contributed by atoms with E-state index >= 15 is 0 Å². The van der Waals surface area contributed by atoms with E-state index in [0.717, 1.165) is 18.2 Å². The van der Waals surface area contributed by atoms with E-state index in [0.29, 0.717) is 13.0 Å². The summed E-state index contributed by atoms with van der Waals surface area (Å²) in [6.45, 7) is 0.454. The van der Waals surface area contributed by atoms with E-state index in [4.69, 9.17) is 0 Å². The van der Waals surface area contributed by atoms with Crippen LogP contribution in [-0.4, -0.2) is 50.4 Å². The van der Waals surface area contributed by atoms with Crippen LogP contribution in [0.5, 0.6) is 0 Å². The Hall–Kier alpha value is -1.73. The highest BCUT2D eigenvalue weighted by Gasteiger charge is 2.34. The number of carbonyl (C=O) groups excluding carboxylic acids is 2. The molecule has 1 amide bonds. The maximum atomic E-state index is 12.6. The van der Waals surface area contributed by atoms with Crippen LogP contribution in [0.2, 0.25) is 0 Å². The van der Waals surface area contributed by atoms with E-state index in [9.17, 15) is 18.0 Å². The van der Waals surface area contributed by atoms with Crippen LogP contribution in [0.1, 0.15) is 18.4 Å². The highest BCUT2D eigenvalue weighted by atomic mass is 32.2. The highest BCUT2D eigenvalue weighted by Crippen LogP contribution is 2.18. The number of hydrogen-bond donors (Lipinski definition) is 1. The maximum Gasteiger partial charge on any atom is 0.241 e. The molecule has 1 aromatic carbocycles. The normalized spacial score (nSPS) is 19.9. The highest BCUT2D eigenvalue weighted by molar-refractivity contribution is 7.88. The molecule has 1 aromatic rings. The molecule has 1 heterocycles. The number of benzene rings is 1. The number of nitrogens with zero attached hydrogens (tertiary/aromatic N) is 1. The van der Waals surface area contributed by atoms with E-state index in [1.54, 1.807) is 0 Å². The Labute approximate surface area is 130 Å². The third kappa shape index (κ3) is 4.38. The van der Waals surface area contributed by atoms with E-state index < -0.39 is 22.1 Å². The predicted octanol–water partition coefficient (Wildman–Crippen LogP) is 0.248. The minimum absolute atomic E-state index is 0.245. The molecule has 0 saturated carbocycles. The number of sulfonamides is 1. The van der Waals surface area contributed by atoms with Gasteiger partial charge in [-0.15, -0.1) is 0 Å². The van der Waals surface area contributed by atoms with Crippen molar-refractivity contribution in [1.82, 2.24) is 9.62 Å². The van der Waals surface area contributed by atoms with Crippen molar-refractivity contribution >= 4 is 22.2 Å². The van der Waals surface area contributed by atoms with Gasteiger partial charge in [-0.3, -0.25) is 9.59 Å². The molecule has 0 spiro atoms. The van der Waals surface area contributed by atoms with Gasteiger partial charge in [0.25, 0.3) is 0 Å². The first kappa shape index (κ1) is 16.6. The molecule has 119 valence electrons. The van der Waals surface area contributed by atoms with Crippen LogP contribution in [0.4, 0.5) is 0 Å². The molecular weight excluding hydrogens is 304 g/mol. The third-order valence-corrected chi connectivity index (χ3v) is 4.32. The minimum Gasteiger partial charge on any atom is -0.331 e. The summed E-state index contributed by atoms with van der Waals surface area (Å²) >= 11 is 0. The Morgan fingerprint density at radius 2 is 2.09 bits per heavy atom. The van der Waals surface area contributed by atoms with E-state index in [-0.39, 0.29) is 12.3 Å². The average Bonchev–Trinajstić information content (AvgIpc) is 2.94. The van der Waals surface area contributed by atoms with Crippen LogP contribution in [0.3, 0.4) is 0 Å². The molecule has 0 aliphatic carbocycles. The minimum atomic E-state index is -3.54. The first-order valence-corrected chi connectivity index (χ1v) is 8.99. The number of rotatable bonds is 6. The third-order valence-electron chi connectivity index (χ3n) is 3.61. The fourth-order valence-corrected chi connectivity index (χ4v) is 3.34. The zero-order valence-electron chi connectivity index (χ0n) is 12.4. The topological polar surface area (TPSA) is 83.6 Å². The fourth-order valence-electron chi connectivity index (χ4n) is 2.64. The molecule has 0 aromatic heterocycles. The molecule has 1 N–H and O–H groups in total. The molecule has 1 aliphatic heterocycles. The summed E-state index contributed by atoms with van der Waals surface area (Å²) in [6, 6.07) is 7.68. The van der Waals surface area contributed by atoms with Crippen molar-refractivity contribution in [1.29, 1.82) is 0 Å². The number of carbonyl (C=O) groups is 1. The lowest BCUT2D eigenvalue weighted by molar-refractivity contribution is -0.132. The van der Waals surface area contributed by atoms with Crippen molar-refractivity contribution in [3.8, 4) is 0 Å². The average molecular weight is 323 g/mol. The van der Waals surface area contributed by atoms with Gasteiger partial charge in [0.2, 0.25) is 22.2 Å². The van der Waals surface area contributed by atoms with Gasteiger partial charge in [0.05, 0.1) is 12.3 Å². The second-order valence-electron chi connectivity index (χ2n) is 5.44. The summed E-state index contributed by atoms with van der Waals surface area (Å²) in [5.74, 6) is -0.375. The monoisotopic (exact) mass is 323 g/mol. The molecule has 0 unspecified atom stereocenters. The van der Waals surface area contributed by atoms with Gasteiger partial charge in [-0.2, -0.15) is 0 Å². The fraction of sp³-hybridized carbons (Fsp3) is 0.467. The molecule has 22 heavy (non-hydrogen) atoms. The van der Waals surface area contributed by atoms with Gasteiger partial charge in [0, 0.05) is 6.54 Å². The number of nitrogens with one attached hydrogen (secondary N) is 1. The lowest BCUT2D eigenvalue weighted by Crippen LogP contribution is -2.51. The molecule has 2 atom stereocenters. The van der Waals surface area contributed by atoms with Crippen LogP contribution < -0.4 is 4.72 Å². The van der Waals surface area contributed by atoms with Crippen LogP contribution in [0.25, 0.3) is 0 Å². The largest absolute Gasteiger partial charge is 0.331 e. The zero-order valence-corrected chi connectivity index (χ0v) is 13.2. The van der Waals surface area contributed by atoms with Gasteiger partial charge >= 0.3 is 0 Å². The second-order valence-corrected chi connectivity index (χ2v) is 7.22. The smallest absolute Gasteiger partial charge is 0.241 e. The van der Waals surface area contributed by atoms with Crippen molar-refractivity contribution in [2.75, 3.05) is 12.8 Å². The standard InChI is InChI=1S/C15H19N2O4S/c1-22(20,21)16-14(10-12-6-3-2-4-7-12)15(19)17-9-5-8-13(17)11-18/h2-4,6-7,13-14,16H,5,8-10H2,1H3/t13-,14+/m0/s1. The number of hydrogen-bond acceptors (Lipinski definition) is 4. The lowest BCUT2D eigenvalue weighted by Gasteiger charge is -2.26. The van der Waals surface area contributed by atoms with Crippen LogP contribution >= 0.6 is 0 Å². The predicted molar refractivity (Wildman–Crippen MR) is 82.3 cm³/mol. The van der Waals surface area contributed by atoms with Gasteiger partial charge in [-0.25, -0.2) is 13.1 Å². The first-order chi connectivity index (χ1) is 10.4. The molecule has 6 nitrogen and oxygen atoms in total. The Morgan fingerprint density at radius 1 is 1.41 bits per heavy atom. The number of amides is 1. The van der Waals surface area contributed by atoms with E-state index in [1.165, 1.54) is 4.90 Å². The van der Waals surface area contributed by atoms with Gasteiger partial charge in [0.1, 0.15) is 6.04 Å². The number of likely N-dealkylation sites (tertiary alicyclic amines) is 1. The lowest BCUT2D eigenvalue weighted by atomic mass is 10.1. The van der Waals surface area contributed by atoms with Crippen molar-refractivity contribution in [2.45, 2.75) is 31.3 Å². The summed E-state index contributed by atoms with van der Waals surface area (Å²) in [4.78, 5) is 25.0. The van der Waals surface area contributed by atoms with Gasteiger partial charge in [0.15, 0.2) is 0 Å². The van der Waals surface area contributed by atoms with Crippen LogP contribution in [-0.2, 0) is 26.0 Å². The molecular formula is C15H19N2O4S. The summed E-state index contributed by atoms with van der Waals surface area (Å²) < 4.78 is 25.5. The van der Waals surface area contributed by atoms with Gasteiger partial charge < -0.3 is 4.90 Å². The molecule has 0 bridgehead atoms. The summed E-state index contributed by atoms with van der Waals surface area (Å²) in [7, 11) is -3.54. The van der Waals surface area contributed by atoms with Crippen molar-refractivity contribution < 1.29 is 18.0 Å². The summed E-state index contributed by atoms with van der Waals surface area (Å²) in [5.41, 5.74) is 0.850. The molecule has 1 aliphatic rings. The molecule has 1 fully saturated rings. The molecule has 2 rings (SSSR count). The summed E-state index contributed by atoms with van der Waals surface area (Å²) in [6.07, 6.45) is 4.42. The van der Waals surface area contributed by atoms with Crippen LogP contribution in [0, 0.1) is 0 Å². The van der Waals surface area contributed by atoms with Crippen molar-refractivity contribution in [3.63, 3.8) is 0 Å². The zero-order chi connectivity index (χ0) is 16.2. The molecule has 1 saturated heterocycles. The second kappa shape index (κ2) is 7.02. The van der Waals surface area contributed by atoms with Crippen LogP contribution in [0.15, 0.2) is 30.3 Å². The Balaban J connectivity index is 2.20. The quantitative estimate of drug-likeness (QED) is 0.813. The van der Waals surface area contributed by atoms with E-state index in [1.807, 2.05) is 36.6 Å². The van der Waals surface area contributed by atoms with E-state index in [2.05, 4.69) is 4.72 Å². The Bertz CT molecular complexity index is 630. The van der Waals surface area contributed by atoms with Crippen molar-refractivity contribution in [2.24, 2.45) is 0 Å². The SMILES string of the molecule is CS(=O)(=O)N[C@H](Cc1ccccc1)C(=O)N1CCC[C@H]1[C]=O.